The van der Waals surface area contributed by atoms with Gasteiger partial charge in [0.2, 0.25) is 5.91 Å². The van der Waals surface area contributed by atoms with Crippen LogP contribution in [0.3, 0.4) is 0 Å². The molecule has 0 spiro atoms. The number of anilines is 1. The average molecular weight is 598 g/mol. The molecule has 2 aliphatic heterocycles. The highest BCUT2D eigenvalue weighted by Crippen LogP contribution is 2.39. The maximum absolute atomic E-state index is 13.5. The fourth-order valence-electron chi connectivity index (χ4n) is 4.72. The van der Waals surface area contributed by atoms with Crippen LogP contribution in [0.15, 0.2) is 75.6 Å². The van der Waals surface area contributed by atoms with Gasteiger partial charge in [0.1, 0.15) is 5.75 Å². The molecule has 0 aliphatic carbocycles. The summed E-state index contributed by atoms with van der Waals surface area (Å²) in [5, 5.41) is 13.1. The van der Waals surface area contributed by atoms with Crippen molar-refractivity contribution in [3.8, 4) is 17.6 Å². The Balaban J connectivity index is 1.36. The number of aromatic nitrogens is 1. The number of carbonyl (C=O) groups is 1. The first kappa shape index (κ1) is 28.8. The number of amidine groups is 1. The second kappa shape index (κ2) is 12.4. The van der Waals surface area contributed by atoms with Crippen molar-refractivity contribution in [2.45, 2.75) is 41.8 Å². The fraction of sp³-hybridized carbons (Fsp3) is 0.310. The number of para-hydroxylation sites is 1. The van der Waals surface area contributed by atoms with Crippen LogP contribution in [0.25, 0.3) is 0 Å². The molecule has 212 valence electrons. The third kappa shape index (κ3) is 7.15. The summed E-state index contributed by atoms with van der Waals surface area (Å²) in [6.45, 7) is 3.10. The lowest BCUT2D eigenvalue weighted by Gasteiger charge is -2.33. The highest BCUT2D eigenvalue weighted by atomic mass is 32.2. The number of pyridine rings is 1. The number of nitriles is 1. The number of hydrogen-bond acceptors (Lipinski definition) is 8. The Morgan fingerprint density at radius 2 is 1.90 bits per heavy atom. The number of amides is 1. The quantitative estimate of drug-likeness (QED) is 0.325. The van der Waals surface area contributed by atoms with Crippen molar-refractivity contribution < 1.29 is 22.7 Å². The highest BCUT2D eigenvalue weighted by Gasteiger charge is 2.34. The van der Waals surface area contributed by atoms with Crippen LogP contribution in [0.4, 0.5) is 19.0 Å². The molecular weight excluding hydrogens is 571 g/mol. The van der Waals surface area contributed by atoms with E-state index in [9.17, 15) is 18.0 Å². The molecule has 7 nitrogen and oxygen atoms in total. The Kier molecular flexibility index (Phi) is 8.75. The van der Waals surface area contributed by atoms with Gasteiger partial charge in [-0.3, -0.25) is 9.79 Å². The molecule has 2 aliphatic rings. The molecule has 0 saturated carbocycles. The number of ether oxygens (including phenoxy) is 1. The van der Waals surface area contributed by atoms with Gasteiger partial charge in [0.05, 0.1) is 23.2 Å². The Hall–Kier alpha value is -3.69. The molecule has 41 heavy (non-hydrogen) atoms. The van der Waals surface area contributed by atoms with Crippen LogP contribution in [0, 0.1) is 17.2 Å². The second-order valence-electron chi connectivity index (χ2n) is 9.63. The zero-order valence-corrected chi connectivity index (χ0v) is 23.7. The molecule has 1 unspecified atom stereocenters. The molecule has 2 aromatic carbocycles. The van der Waals surface area contributed by atoms with Gasteiger partial charge >= 0.3 is 6.18 Å². The van der Waals surface area contributed by atoms with E-state index in [-0.39, 0.29) is 11.9 Å². The van der Waals surface area contributed by atoms with E-state index in [0.29, 0.717) is 33.0 Å². The number of likely N-dealkylation sites (tertiary alicyclic amines) is 1. The molecule has 0 bridgehead atoms. The molecule has 0 radical (unpaired) electrons. The number of halogens is 3. The number of rotatable bonds is 6. The van der Waals surface area contributed by atoms with Crippen molar-refractivity contribution in [3.63, 3.8) is 0 Å². The number of alkyl halides is 3. The Morgan fingerprint density at radius 1 is 1.15 bits per heavy atom. The molecule has 1 N–H and O–H groups in total. The summed E-state index contributed by atoms with van der Waals surface area (Å²) in [5.41, 5.74) is -1.40. The largest absolute Gasteiger partial charge is 0.453 e. The van der Waals surface area contributed by atoms with Crippen LogP contribution in [0.5, 0.6) is 11.5 Å². The normalized spacial score (nSPS) is 17.6. The zero-order valence-electron chi connectivity index (χ0n) is 22.0. The van der Waals surface area contributed by atoms with E-state index in [1.165, 1.54) is 12.1 Å². The van der Waals surface area contributed by atoms with E-state index in [4.69, 9.17) is 15.0 Å². The lowest BCUT2D eigenvalue weighted by Crippen LogP contribution is -2.39. The van der Waals surface area contributed by atoms with Gasteiger partial charge in [0.15, 0.2) is 16.7 Å². The van der Waals surface area contributed by atoms with Gasteiger partial charge in [-0.25, -0.2) is 4.98 Å². The second-order valence-corrected chi connectivity index (χ2v) is 11.8. The van der Waals surface area contributed by atoms with Gasteiger partial charge in [0.25, 0.3) is 0 Å². The Morgan fingerprint density at radius 3 is 2.59 bits per heavy atom. The molecular formula is C29H26F3N5O2S2. The molecule has 12 heteroatoms. The summed E-state index contributed by atoms with van der Waals surface area (Å²) in [5.74, 6) is 2.75. The van der Waals surface area contributed by atoms with E-state index in [2.05, 4.69) is 10.3 Å². The lowest BCUT2D eigenvalue weighted by atomic mass is 9.90. The fourth-order valence-corrected chi connectivity index (χ4v) is 6.63. The minimum Gasteiger partial charge on any atom is -0.453 e. The molecule has 3 aromatic rings. The van der Waals surface area contributed by atoms with Crippen LogP contribution in [-0.2, 0) is 11.0 Å². The number of nitrogens with one attached hydrogen (secondary N) is 1. The number of hydrogen-bond donors (Lipinski definition) is 1. The highest BCUT2D eigenvalue weighted by molar-refractivity contribution is 8.14. The minimum absolute atomic E-state index is 0.105. The van der Waals surface area contributed by atoms with Crippen molar-refractivity contribution in [2.75, 3.05) is 24.2 Å². The first-order valence-corrected chi connectivity index (χ1v) is 14.7. The maximum Gasteiger partial charge on any atom is 0.417 e. The molecule has 1 saturated heterocycles. The van der Waals surface area contributed by atoms with E-state index in [1.807, 2.05) is 23.1 Å². The van der Waals surface area contributed by atoms with Crippen molar-refractivity contribution in [2.24, 2.45) is 10.9 Å². The number of piperidine rings is 1. The van der Waals surface area contributed by atoms with Crippen LogP contribution in [0.1, 0.15) is 30.9 Å². The first-order valence-electron chi connectivity index (χ1n) is 12.9. The number of carbonyl (C=O) groups excluding carboxylic acids is 1. The number of benzene rings is 2. The van der Waals surface area contributed by atoms with Crippen molar-refractivity contribution >= 4 is 40.4 Å². The predicted octanol–water partition coefficient (Wildman–Crippen LogP) is 7.06. The summed E-state index contributed by atoms with van der Waals surface area (Å²) in [6.07, 6.45) is -1.25. The van der Waals surface area contributed by atoms with Crippen LogP contribution >= 0.6 is 23.5 Å². The van der Waals surface area contributed by atoms with E-state index in [0.717, 1.165) is 54.7 Å². The van der Waals surface area contributed by atoms with Gasteiger partial charge in [-0.1, -0.05) is 41.7 Å². The van der Waals surface area contributed by atoms with Crippen LogP contribution < -0.4 is 10.1 Å². The lowest BCUT2D eigenvalue weighted by molar-refractivity contribution is -0.138. The smallest absolute Gasteiger partial charge is 0.417 e. The van der Waals surface area contributed by atoms with Gasteiger partial charge in [-0.05, 0) is 49.1 Å². The number of aliphatic imine (C=N–C) groups is 1. The van der Waals surface area contributed by atoms with Gasteiger partial charge in [0, 0.05) is 47.8 Å². The van der Waals surface area contributed by atoms with Gasteiger partial charge in [-0.15, -0.1) is 0 Å². The summed E-state index contributed by atoms with van der Waals surface area (Å²) in [7, 11) is 0. The van der Waals surface area contributed by atoms with Crippen molar-refractivity contribution in [1.29, 1.82) is 5.26 Å². The average Bonchev–Trinajstić information content (AvgIpc) is 3.43. The molecule has 1 fully saturated rings. The molecule has 1 aromatic heterocycles. The van der Waals surface area contributed by atoms with E-state index in [1.54, 1.807) is 49.2 Å². The van der Waals surface area contributed by atoms with Crippen LogP contribution in [-0.4, -0.2) is 45.8 Å². The van der Waals surface area contributed by atoms with Crippen molar-refractivity contribution in [1.82, 2.24) is 9.88 Å². The molecule has 3 heterocycles. The Labute approximate surface area is 244 Å². The predicted molar refractivity (Wildman–Crippen MR) is 153 cm³/mol. The third-order valence-electron chi connectivity index (χ3n) is 6.88. The third-order valence-corrected chi connectivity index (χ3v) is 8.82. The van der Waals surface area contributed by atoms with E-state index < -0.39 is 17.3 Å². The summed E-state index contributed by atoms with van der Waals surface area (Å²) < 4.78 is 46.5. The summed E-state index contributed by atoms with van der Waals surface area (Å²) >= 11 is 2.69. The SMILES string of the molecule is CC(=O)N1CCC(C2CSC(Nc3ncc(Sc4ccc(C#N)c(C(F)(F)F)c4)cc3Oc3ccccc3)=N2)CC1. The first-order chi connectivity index (χ1) is 19.7. The minimum atomic E-state index is -4.64. The molecule has 5 rings (SSSR count). The van der Waals surface area contributed by atoms with Crippen molar-refractivity contribution in [3.05, 3.63) is 71.9 Å². The topological polar surface area (TPSA) is 90.6 Å². The number of nitrogens with zero attached hydrogens (tertiary/aromatic N) is 4. The maximum atomic E-state index is 13.5. The molecule has 1 amide bonds. The van der Waals surface area contributed by atoms with Crippen LogP contribution in [0.2, 0.25) is 0 Å². The standard InChI is InChI=1S/C29H26F3N5O2S2/c1-18(38)37-11-9-19(10-12-37)25-17-40-28(35-25)36-27-26(39-21-5-3-2-4-6-21)14-23(16-34-27)41-22-8-7-20(15-33)24(13-22)29(30,31)32/h2-8,13-14,16,19,25H,9-12,17H2,1H3,(H,34,35,36). The Bertz CT molecular complexity index is 1490. The monoisotopic (exact) mass is 597 g/mol. The summed E-state index contributed by atoms with van der Waals surface area (Å²) in [4.78, 5) is 23.8. The molecule has 1 atom stereocenters. The summed E-state index contributed by atoms with van der Waals surface area (Å²) in [6, 6.07) is 16.2. The van der Waals surface area contributed by atoms with E-state index >= 15 is 0 Å². The van der Waals surface area contributed by atoms with Gasteiger partial charge < -0.3 is 15.0 Å². The number of thioether (sulfide) groups is 1. The van der Waals surface area contributed by atoms with Gasteiger partial charge in [-0.2, -0.15) is 18.4 Å². The zero-order chi connectivity index (χ0) is 29.0.